The molecule has 1 N–H and O–H groups in total. The minimum absolute atomic E-state index is 0.0623. The van der Waals surface area contributed by atoms with E-state index in [-0.39, 0.29) is 24.2 Å². The molecule has 0 saturated carbocycles. The summed E-state index contributed by atoms with van der Waals surface area (Å²) in [5, 5.41) is 9.61. The molecule has 0 aliphatic carbocycles. The second-order valence-corrected chi connectivity index (χ2v) is 7.02. The summed E-state index contributed by atoms with van der Waals surface area (Å²) in [6, 6.07) is 4.69. The molecule has 1 aromatic rings. The van der Waals surface area contributed by atoms with Crippen LogP contribution in [-0.4, -0.2) is 65.8 Å². The quantitative estimate of drug-likeness (QED) is 0.902. The van der Waals surface area contributed by atoms with Crippen molar-refractivity contribution in [2.45, 2.75) is 32.8 Å². The van der Waals surface area contributed by atoms with Crippen LogP contribution in [0.2, 0.25) is 0 Å². The van der Waals surface area contributed by atoms with Crippen molar-refractivity contribution in [1.82, 2.24) is 9.80 Å². The summed E-state index contributed by atoms with van der Waals surface area (Å²) in [6.07, 6.45) is -0.210. The highest BCUT2D eigenvalue weighted by Crippen LogP contribution is 2.24. The van der Waals surface area contributed by atoms with Crippen molar-refractivity contribution >= 4 is 12.0 Å². The second-order valence-electron chi connectivity index (χ2n) is 7.02. The maximum atomic E-state index is 12.5. The van der Waals surface area contributed by atoms with Gasteiger partial charge in [-0.15, -0.1) is 0 Å². The highest BCUT2D eigenvalue weighted by atomic mass is 16.6. The van der Waals surface area contributed by atoms with Gasteiger partial charge >= 0.3 is 6.09 Å². The van der Waals surface area contributed by atoms with Crippen LogP contribution in [0.5, 0.6) is 11.5 Å². The number of phenols is 1. The summed E-state index contributed by atoms with van der Waals surface area (Å²) >= 11 is 0. The van der Waals surface area contributed by atoms with E-state index >= 15 is 0 Å². The molecule has 1 aliphatic heterocycles. The van der Waals surface area contributed by atoms with Crippen molar-refractivity contribution in [3.63, 3.8) is 0 Å². The molecule has 1 aromatic carbocycles. The molecule has 7 nitrogen and oxygen atoms in total. The van der Waals surface area contributed by atoms with Crippen LogP contribution >= 0.6 is 0 Å². The van der Waals surface area contributed by atoms with E-state index in [0.29, 0.717) is 37.5 Å². The highest BCUT2D eigenvalue weighted by Gasteiger charge is 2.27. The Balaban J connectivity index is 1.91. The number of carbonyl (C=O) groups is 2. The number of phenolic OH excluding ortho intramolecular Hbond substituents is 1. The fraction of sp³-hybridized carbons (Fsp3) is 0.556. The summed E-state index contributed by atoms with van der Waals surface area (Å²) in [6.45, 7) is 7.28. The first-order chi connectivity index (χ1) is 11.7. The van der Waals surface area contributed by atoms with E-state index in [9.17, 15) is 14.7 Å². The first kappa shape index (κ1) is 18.9. The molecular formula is C18H26N2O5. The van der Waals surface area contributed by atoms with Crippen LogP contribution in [0.3, 0.4) is 0 Å². The molecule has 0 bridgehead atoms. The number of piperazine rings is 1. The SMILES string of the molecule is COc1ccc(O)cc1CC(=O)N1CCN(C(=O)OC(C)(C)C)CC1. The van der Waals surface area contributed by atoms with Gasteiger partial charge in [0.25, 0.3) is 0 Å². The van der Waals surface area contributed by atoms with Crippen molar-refractivity contribution in [2.75, 3.05) is 33.3 Å². The van der Waals surface area contributed by atoms with Crippen molar-refractivity contribution in [3.8, 4) is 11.5 Å². The minimum atomic E-state index is -0.532. The van der Waals surface area contributed by atoms with Gasteiger partial charge < -0.3 is 24.4 Å². The van der Waals surface area contributed by atoms with Gasteiger partial charge in [0.15, 0.2) is 0 Å². The Morgan fingerprint density at radius 2 is 1.72 bits per heavy atom. The molecule has 1 heterocycles. The Morgan fingerprint density at radius 1 is 1.12 bits per heavy atom. The minimum Gasteiger partial charge on any atom is -0.508 e. The number of methoxy groups -OCH3 is 1. The fourth-order valence-corrected chi connectivity index (χ4v) is 2.64. The van der Waals surface area contributed by atoms with E-state index in [2.05, 4.69) is 0 Å². The Labute approximate surface area is 148 Å². The van der Waals surface area contributed by atoms with Gasteiger partial charge in [0.2, 0.25) is 5.91 Å². The van der Waals surface area contributed by atoms with E-state index < -0.39 is 5.60 Å². The van der Waals surface area contributed by atoms with E-state index in [1.807, 2.05) is 20.8 Å². The Bertz CT molecular complexity index is 631. The Hall–Kier alpha value is -2.44. The first-order valence-electron chi connectivity index (χ1n) is 8.31. The molecule has 0 unspecified atom stereocenters. The summed E-state index contributed by atoms with van der Waals surface area (Å²) < 4.78 is 10.6. The summed E-state index contributed by atoms with van der Waals surface area (Å²) in [5.74, 6) is 0.602. The lowest BCUT2D eigenvalue weighted by Crippen LogP contribution is -2.52. The maximum absolute atomic E-state index is 12.5. The van der Waals surface area contributed by atoms with Crippen LogP contribution in [0.25, 0.3) is 0 Å². The molecule has 25 heavy (non-hydrogen) atoms. The maximum Gasteiger partial charge on any atom is 0.410 e. The lowest BCUT2D eigenvalue weighted by Gasteiger charge is -2.35. The number of aromatic hydroxyl groups is 1. The molecule has 1 fully saturated rings. The van der Waals surface area contributed by atoms with E-state index in [4.69, 9.17) is 9.47 Å². The second kappa shape index (κ2) is 7.63. The summed E-state index contributed by atoms with van der Waals surface area (Å²) in [7, 11) is 1.53. The van der Waals surface area contributed by atoms with Crippen molar-refractivity contribution < 1.29 is 24.2 Å². The van der Waals surface area contributed by atoms with E-state index in [1.54, 1.807) is 15.9 Å². The molecule has 1 aliphatic rings. The van der Waals surface area contributed by atoms with Gasteiger partial charge in [-0.05, 0) is 39.0 Å². The molecular weight excluding hydrogens is 324 g/mol. The van der Waals surface area contributed by atoms with E-state index in [1.165, 1.54) is 19.2 Å². The van der Waals surface area contributed by atoms with Gasteiger partial charge in [0.05, 0.1) is 13.5 Å². The average Bonchev–Trinajstić information content (AvgIpc) is 2.53. The zero-order valence-corrected chi connectivity index (χ0v) is 15.2. The zero-order chi connectivity index (χ0) is 18.6. The van der Waals surface area contributed by atoms with Gasteiger partial charge in [-0.3, -0.25) is 4.79 Å². The summed E-state index contributed by atoms with van der Waals surface area (Å²) in [5.41, 5.74) is 0.109. The van der Waals surface area contributed by atoms with E-state index in [0.717, 1.165) is 0 Å². The smallest absolute Gasteiger partial charge is 0.410 e. The van der Waals surface area contributed by atoms with Crippen LogP contribution in [0.1, 0.15) is 26.3 Å². The lowest BCUT2D eigenvalue weighted by atomic mass is 10.1. The summed E-state index contributed by atoms with van der Waals surface area (Å²) in [4.78, 5) is 27.9. The normalized spacial score (nSPS) is 15.0. The fourth-order valence-electron chi connectivity index (χ4n) is 2.64. The molecule has 0 radical (unpaired) electrons. The number of ether oxygens (including phenoxy) is 2. The number of benzene rings is 1. The van der Waals surface area contributed by atoms with Gasteiger partial charge in [-0.25, -0.2) is 4.79 Å². The molecule has 0 spiro atoms. The van der Waals surface area contributed by atoms with Crippen LogP contribution < -0.4 is 4.74 Å². The van der Waals surface area contributed by atoms with Gasteiger partial charge in [0, 0.05) is 31.7 Å². The predicted molar refractivity (Wildman–Crippen MR) is 92.7 cm³/mol. The highest BCUT2D eigenvalue weighted by molar-refractivity contribution is 5.80. The van der Waals surface area contributed by atoms with Crippen LogP contribution in [0.15, 0.2) is 18.2 Å². The molecule has 0 atom stereocenters. The largest absolute Gasteiger partial charge is 0.508 e. The monoisotopic (exact) mass is 350 g/mol. The molecule has 138 valence electrons. The van der Waals surface area contributed by atoms with Gasteiger partial charge in [0.1, 0.15) is 17.1 Å². The number of amides is 2. The van der Waals surface area contributed by atoms with Crippen molar-refractivity contribution in [1.29, 1.82) is 0 Å². The van der Waals surface area contributed by atoms with Crippen molar-refractivity contribution in [2.24, 2.45) is 0 Å². The molecule has 7 heteroatoms. The van der Waals surface area contributed by atoms with Gasteiger partial charge in [-0.2, -0.15) is 0 Å². The number of rotatable bonds is 3. The number of hydrogen-bond acceptors (Lipinski definition) is 5. The predicted octanol–water partition coefficient (Wildman–Crippen LogP) is 2.02. The lowest BCUT2D eigenvalue weighted by molar-refractivity contribution is -0.132. The van der Waals surface area contributed by atoms with Crippen LogP contribution in [0, 0.1) is 0 Å². The molecule has 0 aromatic heterocycles. The number of carbonyl (C=O) groups excluding carboxylic acids is 2. The number of nitrogens with zero attached hydrogens (tertiary/aromatic N) is 2. The van der Waals surface area contributed by atoms with Crippen LogP contribution in [-0.2, 0) is 16.0 Å². The Kier molecular flexibility index (Phi) is 5.77. The average molecular weight is 350 g/mol. The van der Waals surface area contributed by atoms with Crippen LogP contribution in [0.4, 0.5) is 4.79 Å². The first-order valence-corrected chi connectivity index (χ1v) is 8.31. The zero-order valence-electron chi connectivity index (χ0n) is 15.2. The molecule has 2 amide bonds. The molecule has 2 rings (SSSR count). The van der Waals surface area contributed by atoms with Gasteiger partial charge in [-0.1, -0.05) is 0 Å². The third-order valence-corrected chi connectivity index (χ3v) is 3.89. The topological polar surface area (TPSA) is 79.3 Å². The standard InChI is InChI=1S/C18H26N2O5/c1-18(2,3)25-17(23)20-9-7-19(8-10-20)16(22)12-13-11-14(21)5-6-15(13)24-4/h5-6,11,21H,7-10,12H2,1-4H3. The Morgan fingerprint density at radius 3 is 2.28 bits per heavy atom. The third-order valence-electron chi connectivity index (χ3n) is 3.89. The third kappa shape index (κ3) is 5.27. The number of hydrogen-bond donors (Lipinski definition) is 1. The molecule has 1 saturated heterocycles. The van der Waals surface area contributed by atoms with Crippen molar-refractivity contribution in [3.05, 3.63) is 23.8 Å².